The van der Waals surface area contributed by atoms with Gasteiger partial charge in [-0.3, -0.25) is 9.69 Å². The van der Waals surface area contributed by atoms with Crippen LogP contribution < -0.4 is 0 Å². The molecule has 4 rings (SSSR count). The molecule has 0 spiro atoms. The number of thiophene rings is 1. The normalized spacial score (nSPS) is 19.3. The minimum atomic E-state index is -0.711. The number of nitrogens with zero attached hydrogens (tertiary/aromatic N) is 1. The molecule has 4 heteroatoms. The van der Waals surface area contributed by atoms with Crippen molar-refractivity contribution in [2.45, 2.75) is 31.8 Å². The molecule has 1 N–H and O–H groups in total. The lowest BCUT2D eigenvalue weighted by Crippen LogP contribution is -2.39. The van der Waals surface area contributed by atoms with Crippen molar-refractivity contribution in [2.75, 3.05) is 6.54 Å². The topological polar surface area (TPSA) is 40.5 Å². The van der Waals surface area contributed by atoms with E-state index in [1.165, 1.54) is 26.8 Å². The molecule has 1 aliphatic rings. The van der Waals surface area contributed by atoms with Crippen molar-refractivity contribution in [3.63, 3.8) is 0 Å². The van der Waals surface area contributed by atoms with E-state index in [2.05, 4.69) is 53.6 Å². The van der Waals surface area contributed by atoms with Crippen molar-refractivity contribution in [1.82, 2.24) is 4.90 Å². The summed E-state index contributed by atoms with van der Waals surface area (Å²) >= 11 is 1.72. The molecule has 1 aliphatic heterocycles. The summed E-state index contributed by atoms with van der Waals surface area (Å²) in [6.45, 7) is 2.94. The Balaban J connectivity index is 1.85. The molecule has 2 unspecified atom stereocenters. The zero-order valence-electron chi connectivity index (χ0n) is 14.2. The Bertz CT molecular complexity index is 917. The predicted octanol–water partition coefficient (Wildman–Crippen LogP) is 4.85. The number of aryl methyl sites for hydroxylation is 1. The van der Waals surface area contributed by atoms with Crippen LogP contribution in [0.2, 0.25) is 0 Å². The van der Waals surface area contributed by atoms with E-state index in [0.717, 1.165) is 19.4 Å². The molecule has 0 amide bonds. The smallest absolute Gasteiger partial charge is 0.320 e. The van der Waals surface area contributed by atoms with Gasteiger partial charge >= 0.3 is 5.97 Å². The first kappa shape index (κ1) is 16.3. The molecule has 1 aromatic heterocycles. The summed E-state index contributed by atoms with van der Waals surface area (Å²) in [7, 11) is 0. The highest BCUT2D eigenvalue weighted by Gasteiger charge is 2.37. The fraction of sp³-hybridized carbons (Fsp3) is 0.286. The first-order valence-corrected chi connectivity index (χ1v) is 9.54. The number of likely N-dealkylation sites (tertiary alicyclic amines) is 1. The third kappa shape index (κ3) is 2.96. The second kappa shape index (κ2) is 6.62. The Morgan fingerprint density at radius 3 is 2.72 bits per heavy atom. The number of rotatable bonds is 4. The van der Waals surface area contributed by atoms with Crippen molar-refractivity contribution in [2.24, 2.45) is 0 Å². The molecule has 1 fully saturated rings. The van der Waals surface area contributed by atoms with Crippen molar-refractivity contribution in [3.05, 3.63) is 69.9 Å². The third-order valence-corrected chi connectivity index (χ3v) is 6.22. The number of carboxylic acid groups (broad SMARTS) is 1. The molecular formula is C21H21NO2S. The Kier molecular flexibility index (Phi) is 4.32. The summed E-state index contributed by atoms with van der Waals surface area (Å²) in [4.78, 5) is 15.2. The van der Waals surface area contributed by atoms with E-state index in [0.29, 0.717) is 0 Å². The maximum Gasteiger partial charge on any atom is 0.320 e. The molecule has 2 heterocycles. The van der Waals surface area contributed by atoms with Crippen molar-refractivity contribution >= 4 is 28.1 Å². The third-order valence-electron chi connectivity index (χ3n) is 5.15. The molecule has 128 valence electrons. The summed E-state index contributed by atoms with van der Waals surface area (Å²) < 4.78 is 0. The summed E-state index contributed by atoms with van der Waals surface area (Å²) in [6, 6.07) is 16.6. The molecule has 1 saturated heterocycles. The van der Waals surface area contributed by atoms with Gasteiger partial charge < -0.3 is 5.11 Å². The second-order valence-electron chi connectivity index (χ2n) is 6.71. The summed E-state index contributed by atoms with van der Waals surface area (Å²) in [5.41, 5.74) is 2.41. The summed E-state index contributed by atoms with van der Waals surface area (Å²) in [5, 5.41) is 14.2. The average molecular weight is 351 g/mol. The molecule has 2 aromatic carbocycles. The molecular weight excluding hydrogens is 330 g/mol. The van der Waals surface area contributed by atoms with Gasteiger partial charge in [0.15, 0.2) is 0 Å². The zero-order chi connectivity index (χ0) is 17.4. The number of fused-ring (bicyclic) bond motifs is 1. The lowest BCUT2D eigenvalue weighted by atomic mass is 9.97. The summed E-state index contributed by atoms with van der Waals surface area (Å²) in [5.74, 6) is -0.711. The van der Waals surface area contributed by atoms with Gasteiger partial charge in [-0.1, -0.05) is 36.4 Å². The van der Waals surface area contributed by atoms with Crippen LogP contribution in [0, 0.1) is 6.92 Å². The van der Waals surface area contributed by atoms with Gasteiger partial charge in [0, 0.05) is 11.4 Å². The Morgan fingerprint density at radius 2 is 2.00 bits per heavy atom. The highest BCUT2D eigenvalue weighted by molar-refractivity contribution is 7.10. The van der Waals surface area contributed by atoms with Crippen LogP contribution in [0.5, 0.6) is 0 Å². The van der Waals surface area contributed by atoms with E-state index in [1.807, 2.05) is 12.1 Å². The fourth-order valence-corrected chi connectivity index (χ4v) is 4.97. The van der Waals surface area contributed by atoms with Gasteiger partial charge in [-0.15, -0.1) is 11.3 Å². The monoisotopic (exact) mass is 351 g/mol. The second-order valence-corrected chi connectivity index (χ2v) is 7.66. The number of carboxylic acids is 1. The maximum absolute atomic E-state index is 11.8. The van der Waals surface area contributed by atoms with E-state index < -0.39 is 12.0 Å². The van der Waals surface area contributed by atoms with Gasteiger partial charge in [-0.05, 0) is 59.2 Å². The Hall–Kier alpha value is -2.17. The highest BCUT2D eigenvalue weighted by Crippen LogP contribution is 2.39. The molecule has 25 heavy (non-hydrogen) atoms. The van der Waals surface area contributed by atoms with Crippen LogP contribution in [-0.4, -0.2) is 28.6 Å². The predicted molar refractivity (Wildman–Crippen MR) is 102 cm³/mol. The number of aliphatic carboxylic acids is 1. The van der Waals surface area contributed by atoms with Gasteiger partial charge in [0.25, 0.3) is 0 Å². The molecule has 0 aliphatic carbocycles. The Morgan fingerprint density at radius 1 is 1.20 bits per heavy atom. The van der Waals surface area contributed by atoms with Crippen molar-refractivity contribution < 1.29 is 9.90 Å². The zero-order valence-corrected chi connectivity index (χ0v) is 15.0. The first-order chi connectivity index (χ1) is 12.1. The first-order valence-electron chi connectivity index (χ1n) is 8.66. The lowest BCUT2D eigenvalue weighted by Gasteiger charge is -2.31. The molecule has 0 bridgehead atoms. The minimum Gasteiger partial charge on any atom is -0.480 e. The average Bonchev–Trinajstić information content (AvgIpc) is 3.25. The number of hydrogen-bond acceptors (Lipinski definition) is 3. The van der Waals surface area contributed by atoms with Crippen LogP contribution in [0.15, 0.2) is 53.9 Å². The van der Waals surface area contributed by atoms with Crippen LogP contribution >= 0.6 is 11.3 Å². The standard InChI is InChI=1S/C21H21NO2S/c1-14-10-12-25-20(14)19(22-11-4-7-18(22)21(23)24)17-9-8-15-5-2-3-6-16(15)13-17/h2-3,5-6,8-10,12-13,18-19H,4,7,11H2,1H3,(H,23,24). The molecule has 3 aromatic rings. The maximum atomic E-state index is 11.8. The number of hydrogen-bond donors (Lipinski definition) is 1. The van der Waals surface area contributed by atoms with Crippen LogP contribution in [0.25, 0.3) is 10.8 Å². The van der Waals surface area contributed by atoms with E-state index in [4.69, 9.17) is 0 Å². The molecule has 3 nitrogen and oxygen atoms in total. The van der Waals surface area contributed by atoms with Crippen LogP contribution in [0.1, 0.15) is 34.9 Å². The quantitative estimate of drug-likeness (QED) is 0.730. The van der Waals surface area contributed by atoms with Crippen molar-refractivity contribution in [3.8, 4) is 0 Å². The largest absolute Gasteiger partial charge is 0.480 e. The molecule has 0 saturated carbocycles. The van der Waals surface area contributed by atoms with E-state index in [9.17, 15) is 9.90 Å². The van der Waals surface area contributed by atoms with Gasteiger partial charge in [0.2, 0.25) is 0 Å². The van der Waals surface area contributed by atoms with Gasteiger partial charge in [-0.2, -0.15) is 0 Å². The van der Waals surface area contributed by atoms with E-state index >= 15 is 0 Å². The summed E-state index contributed by atoms with van der Waals surface area (Å²) in [6.07, 6.45) is 1.66. The van der Waals surface area contributed by atoms with Gasteiger partial charge in [-0.25, -0.2) is 0 Å². The van der Waals surface area contributed by atoms with E-state index in [-0.39, 0.29) is 6.04 Å². The van der Waals surface area contributed by atoms with Crippen LogP contribution in [0.3, 0.4) is 0 Å². The Labute approximate surface area is 151 Å². The van der Waals surface area contributed by atoms with Gasteiger partial charge in [0.1, 0.15) is 6.04 Å². The SMILES string of the molecule is Cc1ccsc1C(c1ccc2ccccc2c1)N1CCCC1C(=O)O. The number of benzene rings is 2. The fourth-order valence-electron chi connectivity index (χ4n) is 3.90. The highest BCUT2D eigenvalue weighted by atomic mass is 32.1. The van der Waals surface area contributed by atoms with Crippen molar-refractivity contribution in [1.29, 1.82) is 0 Å². The van der Waals surface area contributed by atoms with Crippen LogP contribution in [0.4, 0.5) is 0 Å². The minimum absolute atomic E-state index is 0.00760. The number of carbonyl (C=O) groups is 1. The van der Waals surface area contributed by atoms with E-state index in [1.54, 1.807) is 11.3 Å². The molecule has 0 radical (unpaired) electrons. The van der Waals surface area contributed by atoms with Gasteiger partial charge in [0.05, 0.1) is 6.04 Å². The molecule has 2 atom stereocenters. The van der Waals surface area contributed by atoms with Crippen LogP contribution in [-0.2, 0) is 4.79 Å². The lowest BCUT2D eigenvalue weighted by molar-refractivity contribution is -0.142.